The van der Waals surface area contributed by atoms with E-state index in [9.17, 15) is 5.48 Å². The highest BCUT2D eigenvalue weighted by atomic mass is 15.2. The Kier molecular flexibility index (Phi) is 14.6. The minimum atomic E-state index is -0.800. The third-order valence-corrected chi connectivity index (χ3v) is 22.4. The summed E-state index contributed by atoms with van der Waals surface area (Å²) in [5.41, 5.74) is 31.4. The summed E-state index contributed by atoms with van der Waals surface area (Å²) in [6, 6.07) is 117. The summed E-state index contributed by atoms with van der Waals surface area (Å²) in [5, 5.41) is 0. The van der Waals surface area contributed by atoms with Crippen LogP contribution in [0.4, 0.5) is 34.1 Å². The Morgan fingerprint density at radius 1 is 0.274 bits per heavy atom. The molecule has 18 rings (SSSR count). The predicted octanol–water partition coefficient (Wildman–Crippen LogP) is 25.7. The summed E-state index contributed by atoms with van der Waals surface area (Å²) in [4.78, 5) is 5.18. The van der Waals surface area contributed by atoms with Crippen LogP contribution in [0.3, 0.4) is 0 Å². The molecule has 0 atom stereocenters. The number of hydrogen-bond donors (Lipinski definition) is 0. The second-order valence-electron chi connectivity index (χ2n) is 32.0. The normalized spacial score (nSPS) is 14.0. The number of para-hydroxylation sites is 1. The molecule has 0 saturated carbocycles. The molecule has 15 aromatic rings. The van der Waals surface area contributed by atoms with Gasteiger partial charge in [-0.3, -0.25) is 0 Å². The number of rotatable bonds is 11. The lowest BCUT2D eigenvalue weighted by Gasteiger charge is -2.46. The average molecular weight is 1370 g/mol. The van der Waals surface area contributed by atoms with Gasteiger partial charge in [-0.2, -0.15) is 0 Å². The molecule has 2 heterocycles. The van der Waals surface area contributed by atoms with Crippen LogP contribution < -0.4 is 26.2 Å². The van der Waals surface area contributed by atoms with Gasteiger partial charge >= 0.3 is 0 Å². The third kappa shape index (κ3) is 11.0. The van der Waals surface area contributed by atoms with E-state index >= 15 is 0 Å². The van der Waals surface area contributed by atoms with Crippen LogP contribution in [0.2, 0.25) is 0 Å². The summed E-state index contributed by atoms with van der Waals surface area (Å²) in [7, 11) is 0. The maximum atomic E-state index is 9.73. The summed E-state index contributed by atoms with van der Waals surface area (Å²) < 4.78 is 46.8. The Hall–Kier alpha value is -12.0. The van der Waals surface area contributed by atoms with E-state index in [-0.39, 0.29) is 46.0 Å². The van der Waals surface area contributed by atoms with Crippen molar-refractivity contribution in [1.82, 2.24) is 0 Å². The number of fused-ring (bicyclic) bond motifs is 7. The SMILES string of the molecule is [2H]c1c([2H])c([2H])c(-c2ccc3c(c2)B2c4ccc(-c5cc(C(C)(C)C)cc(C(C)(C)C)c5)cc4N(c4c(-c5ccccc5)cc(C(C)(C)C)cc4-c4ccccc4)c4cc(-c5cccc6c5C(c5ccccc5)(c5ccccc5)c5ccccc5-6)cc(c42)N3c2c(-c3ccccc3)cccc2-c2ccccc2)c([2H])c1[2H]. The van der Waals surface area contributed by atoms with Crippen molar-refractivity contribution in [3.8, 4) is 89.0 Å². The maximum absolute atomic E-state index is 9.73. The van der Waals surface area contributed by atoms with Crippen LogP contribution in [0.5, 0.6) is 0 Å². The second-order valence-corrected chi connectivity index (χ2v) is 32.0. The van der Waals surface area contributed by atoms with Crippen molar-refractivity contribution >= 4 is 57.2 Å². The molecule has 0 saturated heterocycles. The van der Waals surface area contributed by atoms with E-state index in [1.807, 2.05) is 6.07 Å². The van der Waals surface area contributed by atoms with Crippen LogP contribution in [-0.2, 0) is 21.7 Å². The van der Waals surface area contributed by atoms with Crippen molar-refractivity contribution in [3.05, 3.63) is 391 Å². The van der Waals surface area contributed by atoms with Gasteiger partial charge < -0.3 is 9.80 Å². The molecule has 0 spiro atoms. The Morgan fingerprint density at radius 2 is 0.679 bits per heavy atom. The summed E-state index contributed by atoms with van der Waals surface area (Å²) in [6.07, 6.45) is 0. The first kappa shape index (κ1) is 60.4. The van der Waals surface area contributed by atoms with Gasteiger partial charge in [-0.05, 0) is 175 Å². The molecule has 2 aliphatic heterocycles. The Balaban J connectivity index is 1.08. The molecular weight excluding hydrogens is 1280 g/mol. The van der Waals surface area contributed by atoms with Gasteiger partial charge in [0.05, 0.1) is 23.6 Å². The van der Waals surface area contributed by atoms with Crippen LogP contribution in [0.25, 0.3) is 89.0 Å². The molecule has 2 nitrogen and oxygen atoms in total. The van der Waals surface area contributed by atoms with E-state index in [1.165, 1.54) is 33.4 Å². The van der Waals surface area contributed by atoms with Crippen LogP contribution in [0.15, 0.2) is 352 Å². The third-order valence-electron chi connectivity index (χ3n) is 22.4. The molecule has 0 aromatic heterocycles. The minimum Gasteiger partial charge on any atom is -0.310 e. The topological polar surface area (TPSA) is 6.48 Å². The lowest BCUT2D eigenvalue weighted by Crippen LogP contribution is -2.61. The largest absolute Gasteiger partial charge is 0.310 e. The fraction of sp³-hybridized carbons (Fsp3) is 0.126. The zero-order chi connectivity index (χ0) is 76.6. The first-order valence-corrected chi connectivity index (χ1v) is 37.3. The standard InChI is InChI=1S/C103H85BN2/c1-100(2,3)79-59-75(60-80(65-79)101(4,5)6)74-55-57-90-93(62-74)106(99-87(71-41-23-13-24-42-71)66-81(102(7,8)9)67-88(99)72-43-25-14-26-44-72)95-64-76(82-50-33-53-86-85-49-31-32-54-89(85)103(96(82)86,77-45-27-15-28-46-77)78-47-29-16-30-48-78)63-94-97(95)104(90)91-61-73(68-35-17-10-18-36-68)56-58-92(91)105(94)98-83(69-37-19-11-20-38-69)51-34-52-84(98)70-39-21-12-22-40-70/h10-67H,1-9H3/i10D,17D,18D,35D,36D. The van der Waals surface area contributed by atoms with Crippen molar-refractivity contribution in [2.75, 3.05) is 9.80 Å². The van der Waals surface area contributed by atoms with E-state index in [0.717, 1.165) is 134 Å². The van der Waals surface area contributed by atoms with Crippen molar-refractivity contribution < 1.29 is 6.85 Å². The Labute approximate surface area is 633 Å². The molecule has 106 heavy (non-hydrogen) atoms. The van der Waals surface area contributed by atoms with E-state index in [2.05, 4.69) is 388 Å². The van der Waals surface area contributed by atoms with Crippen LogP contribution >= 0.6 is 0 Å². The van der Waals surface area contributed by atoms with Gasteiger partial charge in [0.1, 0.15) is 0 Å². The first-order valence-electron chi connectivity index (χ1n) is 39.8. The molecule has 0 unspecified atom stereocenters. The molecule has 3 aliphatic rings. The van der Waals surface area contributed by atoms with Crippen LogP contribution in [0, 0.1) is 0 Å². The highest BCUT2D eigenvalue weighted by molar-refractivity contribution is 7.00. The van der Waals surface area contributed by atoms with Gasteiger partial charge in [-0.25, -0.2) is 0 Å². The van der Waals surface area contributed by atoms with Gasteiger partial charge in [0.15, 0.2) is 0 Å². The molecule has 0 amide bonds. The van der Waals surface area contributed by atoms with E-state index in [0.29, 0.717) is 5.56 Å². The molecule has 15 aromatic carbocycles. The van der Waals surface area contributed by atoms with Gasteiger partial charge in [0, 0.05) is 45.0 Å². The highest BCUT2D eigenvalue weighted by Crippen LogP contribution is 2.61. The second kappa shape index (κ2) is 25.7. The lowest BCUT2D eigenvalue weighted by molar-refractivity contribution is 0.569. The number of nitrogens with zero attached hydrogens (tertiary/aromatic N) is 2. The van der Waals surface area contributed by atoms with E-state index in [4.69, 9.17) is 1.37 Å². The van der Waals surface area contributed by atoms with Crippen molar-refractivity contribution in [3.63, 3.8) is 0 Å². The minimum absolute atomic E-state index is 0.144. The zero-order valence-electron chi connectivity index (χ0n) is 66.6. The summed E-state index contributed by atoms with van der Waals surface area (Å²) in [5.74, 6) is 0. The van der Waals surface area contributed by atoms with E-state index < -0.39 is 18.2 Å². The number of anilines is 6. The fourth-order valence-corrected chi connectivity index (χ4v) is 17.2. The molecule has 0 bridgehead atoms. The molecular formula is C103H85BN2. The fourth-order valence-electron chi connectivity index (χ4n) is 17.2. The molecule has 1 aliphatic carbocycles. The van der Waals surface area contributed by atoms with Crippen LogP contribution in [-0.4, -0.2) is 6.71 Å². The summed E-state index contributed by atoms with van der Waals surface area (Å²) in [6.45, 7) is 20.3. The average Bonchev–Trinajstić information content (AvgIpc) is 1.66. The molecule has 510 valence electrons. The van der Waals surface area contributed by atoms with Gasteiger partial charge in [-0.1, -0.05) is 378 Å². The Bertz CT molecular complexity index is 5980. The van der Waals surface area contributed by atoms with Crippen molar-refractivity contribution in [1.29, 1.82) is 0 Å². The molecule has 0 radical (unpaired) electrons. The van der Waals surface area contributed by atoms with E-state index in [1.54, 1.807) is 0 Å². The van der Waals surface area contributed by atoms with Crippen molar-refractivity contribution in [2.45, 2.75) is 84.0 Å². The van der Waals surface area contributed by atoms with Gasteiger partial charge in [-0.15, -0.1) is 0 Å². The molecule has 0 N–H and O–H groups in total. The highest BCUT2D eigenvalue weighted by Gasteiger charge is 2.50. The molecule has 0 fully saturated rings. The maximum Gasteiger partial charge on any atom is 0.252 e. The number of hydrogen-bond acceptors (Lipinski definition) is 2. The van der Waals surface area contributed by atoms with Crippen molar-refractivity contribution in [2.24, 2.45) is 0 Å². The molecule has 3 heteroatoms. The smallest absolute Gasteiger partial charge is 0.252 e. The van der Waals surface area contributed by atoms with Crippen LogP contribution in [0.1, 0.15) is 108 Å². The van der Waals surface area contributed by atoms with Gasteiger partial charge in [0.2, 0.25) is 0 Å². The Morgan fingerprint density at radius 3 is 1.20 bits per heavy atom. The lowest BCUT2D eigenvalue weighted by atomic mass is 9.33. The quantitative estimate of drug-likeness (QED) is 0.119. The predicted molar refractivity (Wildman–Crippen MR) is 452 cm³/mol. The first-order chi connectivity index (χ1) is 53.6. The van der Waals surface area contributed by atoms with Gasteiger partial charge in [0.25, 0.3) is 6.71 Å². The summed E-state index contributed by atoms with van der Waals surface area (Å²) >= 11 is 0. The number of benzene rings is 15. The zero-order valence-corrected chi connectivity index (χ0v) is 61.6. The monoisotopic (exact) mass is 1370 g/mol.